The summed E-state index contributed by atoms with van der Waals surface area (Å²) in [5.74, 6) is -0.337. The lowest BCUT2D eigenvalue weighted by Gasteiger charge is -2.36. The summed E-state index contributed by atoms with van der Waals surface area (Å²) in [5, 5.41) is 9.18. The molecule has 0 heterocycles. The third-order valence-corrected chi connectivity index (χ3v) is 4.03. The summed E-state index contributed by atoms with van der Waals surface area (Å²) in [6, 6.07) is 0.196. The number of carboxylic acid groups (broad SMARTS) is 1. The predicted octanol–water partition coefficient (Wildman–Crippen LogP) is 1.78. The molecule has 0 aromatic rings. The monoisotopic (exact) mass is 254 g/mol. The summed E-state index contributed by atoms with van der Waals surface area (Å²) in [7, 11) is 1.58. The summed E-state index contributed by atoms with van der Waals surface area (Å²) in [5.41, 5.74) is -1.16. The van der Waals surface area contributed by atoms with Gasteiger partial charge in [0.25, 0.3) is 0 Å². The predicted molar refractivity (Wildman–Crippen MR) is 67.3 cm³/mol. The summed E-state index contributed by atoms with van der Waals surface area (Å²) in [6.45, 7) is 3.93. The number of carboxylic acids is 1. The highest BCUT2D eigenvalue weighted by molar-refractivity contribution is 5.85. The van der Waals surface area contributed by atoms with Crippen LogP contribution in [-0.2, 0) is 4.79 Å². The first kappa shape index (κ1) is 13.2. The molecule has 2 saturated carbocycles. The lowest BCUT2D eigenvalue weighted by Crippen LogP contribution is -2.55. The zero-order valence-corrected chi connectivity index (χ0v) is 11.3. The van der Waals surface area contributed by atoms with Gasteiger partial charge in [-0.15, -0.1) is 0 Å². The number of hydrogen-bond donors (Lipinski definition) is 1. The van der Waals surface area contributed by atoms with E-state index < -0.39 is 11.5 Å². The number of nitrogens with zero attached hydrogens (tertiary/aromatic N) is 2. The van der Waals surface area contributed by atoms with Crippen LogP contribution in [0.4, 0.5) is 4.79 Å². The van der Waals surface area contributed by atoms with Crippen molar-refractivity contribution < 1.29 is 14.7 Å². The van der Waals surface area contributed by atoms with E-state index >= 15 is 0 Å². The Bertz CT molecular complexity index is 359. The molecule has 0 saturated heterocycles. The normalized spacial score (nSPS) is 19.5. The number of carbonyl (C=O) groups is 2. The first-order valence-electron chi connectivity index (χ1n) is 6.62. The van der Waals surface area contributed by atoms with Crippen LogP contribution in [0.1, 0.15) is 39.5 Å². The van der Waals surface area contributed by atoms with Crippen LogP contribution in [0.3, 0.4) is 0 Å². The van der Waals surface area contributed by atoms with Gasteiger partial charge in [-0.2, -0.15) is 0 Å². The van der Waals surface area contributed by atoms with Crippen LogP contribution in [-0.4, -0.2) is 52.1 Å². The van der Waals surface area contributed by atoms with Crippen LogP contribution in [0.2, 0.25) is 0 Å². The Morgan fingerprint density at radius 1 is 1.22 bits per heavy atom. The van der Waals surface area contributed by atoms with Crippen molar-refractivity contribution in [2.75, 3.05) is 13.6 Å². The second kappa shape index (κ2) is 4.44. The van der Waals surface area contributed by atoms with Crippen LogP contribution in [0.5, 0.6) is 0 Å². The fourth-order valence-corrected chi connectivity index (χ4v) is 1.92. The molecule has 2 rings (SSSR count). The van der Waals surface area contributed by atoms with Gasteiger partial charge < -0.3 is 14.9 Å². The van der Waals surface area contributed by atoms with E-state index in [1.807, 2.05) is 4.90 Å². The molecule has 0 spiro atoms. The number of carbonyl (C=O) groups excluding carboxylic acids is 1. The van der Waals surface area contributed by atoms with Gasteiger partial charge in [0, 0.05) is 19.6 Å². The number of likely N-dealkylation sites (N-methyl/N-ethyl adjacent to an activating group) is 1. The second-order valence-corrected chi connectivity index (χ2v) is 6.03. The third-order valence-electron chi connectivity index (χ3n) is 4.03. The number of urea groups is 1. The van der Waals surface area contributed by atoms with Gasteiger partial charge >= 0.3 is 12.0 Å². The topological polar surface area (TPSA) is 60.9 Å². The van der Waals surface area contributed by atoms with Crippen molar-refractivity contribution in [3.8, 4) is 0 Å². The summed E-state index contributed by atoms with van der Waals surface area (Å²) in [4.78, 5) is 26.9. The fourth-order valence-electron chi connectivity index (χ4n) is 1.92. The summed E-state index contributed by atoms with van der Waals surface area (Å²) < 4.78 is 0. The largest absolute Gasteiger partial charge is 0.480 e. The molecule has 1 N–H and O–H groups in total. The Morgan fingerprint density at radius 2 is 1.78 bits per heavy atom. The SMILES string of the molecule is CN(C(=O)N(CC1CC1)C1CC1)C(C)(C)C(=O)O. The molecule has 0 unspecified atom stereocenters. The van der Waals surface area contributed by atoms with Gasteiger partial charge in [-0.1, -0.05) is 0 Å². The van der Waals surface area contributed by atoms with Crippen molar-refractivity contribution >= 4 is 12.0 Å². The van der Waals surface area contributed by atoms with Gasteiger partial charge in [0.2, 0.25) is 0 Å². The fraction of sp³-hybridized carbons (Fsp3) is 0.846. The molecule has 0 aromatic carbocycles. The molecule has 2 aliphatic carbocycles. The van der Waals surface area contributed by atoms with Crippen molar-refractivity contribution in [2.24, 2.45) is 5.92 Å². The van der Waals surface area contributed by atoms with Crippen molar-refractivity contribution in [3.63, 3.8) is 0 Å². The minimum Gasteiger partial charge on any atom is -0.480 e. The Morgan fingerprint density at radius 3 is 2.17 bits per heavy atom. The maximum absolute atomic E-state index is 12.4. The summed E-state index contributed by atoms with van der Waals surface area (Å²) >= 11 is 0. The quantitative estimate of drug-likeness (QED) is 0.813. The number of rotatable bonds is 5. The number of amides is 2. The van der Waals surface area contributed by atoms with Crippen molar-refractivity contribution in [3.05, 3.63) is 0 Å². The minimum atomic E-state index is -1.16. The highest BCUT2D eigenvalue weighted by Crippen LogP contribution is 2.35. The zero-order valence-electron chi connectivity index (χ0n) is 11.3. The molecule has 0 radical (unpaired) electrons. The van der Waals surface area contributed by atoms with E-state index in [4.69, 9.17) is 0 Å². The van der Waals surface area contributed by atoms with E-state index in [1.165, 1.54) is 17.7 Å². The van der Waals surface area contributed by atoms with E-state index in [-0.39, 0.29) is 6.03 Å². The average Bonchev–Trinajstić information content (AvgIpc) is 3.15. The van der Waals surface area contributed by atoms with Gasteiger partial charge in [-0.05, 0) is 45.4 Å². The Labute approximate surface area is 108 Å². The van der Waals surface area contributed by atoms with Gasteiger partial charge in [0.1, 0.15) is 5.54 Å². The first-order chi connectivity index (χ1) is 8.34. The Hall–Kier alpha value is -1.26. The summed E-state index contributed by atoms with van der Waals surface area (Å²) in [6.07, 6.45) is 4.50. The smallest absolute Gasteiger partial charge is 0.329 e. The Kier molecular flexibility index (Phi) is 3.25. The minimum absolute atomic E-state index is 0.142. The molecule has 0 aromatic heterocycles. The molecule has 5 nitrogen and oxygen atoms in total. The van der Waals surface area contributed by atoms with E-state index in [1.54, 1.807) is 20.9 Å². The van der Waals surface area contributed by atoms with Crippen molar-refractivity contribution in [1.29, 1.82) is 0 Å². The van der Waals surface area contributed by atoms with Crippen molar-refractivity contribution in [1.82, 2.24) is 9.80 Å². The molecule has 0 atom stereocenters. The van der Waals surface area contributed by atoms with Crippen LogP contribution in [0.25, 0.3) is 0 Å². The molecular formula is C13H22N2O3. The maximum atomic E-state index is 12.4. The first-order valence-corrected chi connectivity index (χ1v) is 6.62. The maximum Gasteiger partial charge on any atom is 0.329 e. The highest BCUT2D eigenvalue weighted by Gasteiger charge is 2.42. The standard InChI is InChI=1S/C13H22N2O3/c1-13(2,11(16)17)14(3)12(18)15(10-6-7-10)8-9-4-5-9/h9-10H,4-8H2,1-3H3,(H,16,17). The van der Waals surface area contributed by atoms with E-state index in [0.29, 0.717) is 12.0 Å². The molecule has 2 amide bonds. The molecular weight excluding hydrogens is 232 g/mol. The van der Waals surface area contributed by atoms with Crippen LogP contribution in [0.15, 0.2) is 0 Å². The third kappa shape index (κ3) is 2.60. The van der Waals surface area contributed by atoms with Gasteiger partial charge in [-0.3, -0.25) is 0 Å². The Balaban J connectivity index is 2.04. The molecule has 0 bridgehead atoms. The van der Waals surface area contributed by atoms with Crippen LogP contribution < -0.4 is 0 Å². The molecule has 2 aliphatic rings. The molecule has 18 heavy (non-hydrogen) atoms. The number of hydrogen-bond acceptors (Lipinski definition) is 2. The number of aliphatic carboxylic acids is 1. The van der Waals surface area contributed by atoms with E-state index in [9.17, 15) is 14.7 Å². The zero-order chi connectivity index (χ0) is 13.5. The van der Waals surface area contributed by atoms with E-state index in [2.05, 4.69) is 0 Å². The van der Waals surface area contributed by atoms with Crippen LogP contribution >= 0.6 is 0 Å². The molecule has 5 heteroatoms. The lowest BCUT2D eigenvalue weighted by atomic mass is 10.0. The molecule has 2 fully saturated rings. The van der Waals surface area contributed by atoms with Gasteiger partial charge in [0.15, 0.2) is 0 Å². The molecule has 0 aliphatic heterocycles. The van der Waals surface area contributed by atoms with Gasteiger partial charge in [-0.25, -0.2) is 9.59 Å². The highest BCUT2D eigenvalue weighted by atomic mass is 16.4. The van der Waals surface area contributed by atoms with Crippen LogP contribution in [0, 0.1) is 5.92 Å². The average molecular weight is 254 g/mol. The van der Waals surface area contributed by atoms with E-state index in [0.717, 1.165) is 19.4 Å². The van der Waals surface area contributed by atoms with Crippen molar-refractivity contribution in [2.45, 2.75) is 51.1 Å². The molecule has 102 valence electrons. The van der Waals surface area contributed by atoms with Gasteiger partial charge in [0.05, 0.1) is 0 Å². The lowest BCUT2D eigenvalue weighted by molar-refractivity contribution is -0.147. The second-order valence-electron chi connectivity index (χ2n) is 6.03.